The fourth-order valence-corrected chi connectivity index (χ4v) is 3.32. The summed E-state index contributed by atoms with van der Waals surface area (Å²) in [5.74, 6) is 2.38. The predicted molar refractivity (Wildman–Crippen MR) is 120 cm³/mol. The highest BCUT2D eigenvalue weighted by molar-refractivity contribution is 5.91. The molecule has 11 nitrogen and oxygen atoms in total. The molecular formula is C21H20N10O. The molecule has 0 unspecified atom stereocenters. The molecule has 11 heteroatoms. The van der Waals surface area contributed by atoms with Crippen molar-refractivity contribution in [3.8, 4) is 17.1 Å². The molecule has 0 saturated heterocycles. The number of methoxy groups -OCH3 is 1. The van der Waals surface area contributed by atoms with Crippen LogP contribution in [-0.2, 0) is 7.05 Å². The number of ether oxygens (including phenoxy) is 1. The molecular weight excluding hydrogens is 408 g/mol. The highest BCUT2D eigenvalue weighted by Gasteiger charge is 2.16. The molecule has 0 fully saturated rings. The van der Waals surface area contributed by atoms with Gasteiger partial charge in [0.15, 0.2) is 23.0 Å². The molecule has 3 N–H and O–H groups in total. The minimum atomic E-state index is 0.577. The second-order valence-corrected chi connectivity index (χ2v) is 7.09. The number of para-hydroxylation sites is 1. The van der Waals surface area contributed by atoms with Gasteiger partial charge in [-0.05, 0) is 31.2 Å². The first-order valence-electron chi connectivity index (χ1n) is 9.82. The van der Waals surface area contributed by atoms with E-state index < -0.39 is 0 Å². The van der Waals surface area contributed by atoms with Crippen LogP contribution in [0.1, 0.15) is 5.69 Å². The summed E-state index contributed by atoms with van der Waals surface area (Å²) in [4.78, 5) is 16.4. The molecule has 0 aliphatic heterocycles. The molecule has 32 heavy (non-hydrogen) atoms. The number of benzene rings is 1. The molecule has 4 aromatic heterocycles. The first-order chi connectivity index (χ1) is 15.6. The normalized spacial score (nSPS) is 11.0. The second kappa shape index (κ2) is 7.95. The summed E-state index contributed by atoms with van der Waals surface area (Å²) in [6.45, 7) is 1.88. The van der Waals surface area contributed by atoms with E-state index in [1.54, 1.807) is 24.4 Å². The lowest BCUT2D eigenvalue weighted by Gasteiger charge is -2.15. The summed E-state index contributed by atoms with van der Waals surface area (Å²) in [6, 6.07) is 11.3. The number of fused-ring (bicyclic) bond motifs is 1. The van der Waals surface area contributed by atoms with Crippen molar-refractivity contribution in [3.63, 3.8) is 0 Å². The zero-order valence-corrected chi connectivity index (χ0v) is 17.7. The zero-order chi connectivity index (χ0) is 22.1. The number of aryl methyl sites for hydroxylation is 2. The molecule has 0 atom stereocenters. The lowest BCUT2D eigenvalue weighted by molar-refractivity contribution is 0.418. The standard InChI is InChI=1S/C21H20N10O/c1-12-7-8-16(29-28-12)26-17-9-15(18-21(27-17)23-10-22-18)25-14-6-4-5-13(19(14)32-3)20-24-11-31(2)30-20/h4-11H,1-3H3,(H3,22,23,25,26,27,29). The minimum Gasteiger partial charge on any atom is -0.494 e. The van der Waals surface area contributed by atoms with E-state index in [2.05, 4.69) is 45.9 Å². The van der Waals surface area contributed by atoms with Crippen molar-refractivity contribution >= 4 is 34.2 Å². The van der Waals surface area contributed by atoms with Gasteiger partial charge in [0.1, 0.15) is 17.7 Å². The van der Waals surface area contributed by atoms with Crippen molar-refractivity contribution in [2.24, 2.45) is 7.05 Å². The molecule has 1 aromatic carbocycles. The Morgan fingerprint density at radius 3 is 2.66 bits per heavy atom. The van der Waals surface area contributed by atoms with Gasteiger partial charge in [-0.3, -0.25) is 4.68 Å². The van der Waals surface area contributed by atoms with Gasteiger partial charge in [-0.25, -0.2) is 15.0 Å². The molecule has 0 spiro atoms. The second-order valence-electron chi connectivity index (χ2n) is 7.09. The molecule has 0 saturated carbocycles. The van der Waals surface area contributed by atoms with Crippen molar-refractivity contribution in [1.82, 2.24) is 39.9 Å². The molecule has 0 bridgehead atoms. The molecule has 0 amide bonds. The topological polar surface area (TPSA) is 131 Å². The molecule has 4 heterocycles. The Morgan fingerprint density at radius 1 is 1.00 bits per heavy atom. The van der Waals surface area contributed by atoms with Crippen LogP contribution in [0, 0.1) is 6.92 Å². The van der Waals surface area contributed by atoms with Crippen LogP contribution < -0.4 is 15.4 Å². The number of hydrogen-bond donors (Lipinski definition) is 3. The third kappa shape index (κ3) is 3.67. The third-order valence-electron chi connectivity index (χ3n) is 4.77. The number of aromatic amines is 1. The van der Waals surface area contributed by atoms with Crippen LogP contribution in [0.3, 0.4) is 0 Å². The van der Waals surface area contributed by atoms with Crippen molar-refractivity contribution in [2.45, 2.75) is 6.92 Å². The number of pyridine rings is 1. The summed E-state index contributed by atoms with van der Waals surface area (Å²) >= 11 is 0. The van der Waals surface area contributed by atoms with Gasteiger partial charge in [-0.2, -0.15) is 10.2 Å². The zero-order valence-electron chi connectivity index (χ0n) is 17.7. The van der Waals surface area contributed by atoms with Gasteiger partial charge in [0, 0.05) is 13.1 Å². The average molecular weight is 428 g/mol. The number of nitrogens with zero attached hydrogens (tertiary/aromatic N) is 7. The quantitative estimate of drug-likeness (QED) is 0.372. The molecule has 5 rings (SSSR count). The van der Waals surface area contributed by atoms with Gasteiger partial charge >= 0.3 is 0 Å². The SMILES string of the molecule is COc1c(Nc2cc(Nc3ccc(C)nn3)nc3[nH]cnc23)cccc1-c1ncn(C)n1. The van der Waals surface area contributed by atoms with Crippen LogP contribution in [0.15, 0.2) is 49.1 Å². The van der Waals surface area contributed by atoms with Crippen molar-refractivity contribution < 1.29 is 4.74 Å². The predicted octanol–water partition coefficient (Wildman–Crippen LogP) is 3.35. The Balaban J connectivity index is 1.54. The number of aromatic nitrogens is 8. The Kier molecular flexibility index (Phi) is 4.82. The van der Waals surface area contributed by atoms with Gasteiger partial charge in [-0.15, -0.1) is 5.10 Å². The number of rotatable bonds is 6. The van der Waals surface area contributed by atoms with Crippen LogP contribution in [-0.4, -0.2) is 47.0 Å². The smallest absolute Gasteiger partial charge is 0.184 e. The van der Waals surface area contributed by atoms with E-state index in [1.807, 2.05) is 50.4 Å². The first kappa shape index (κ1) is 19.4. The van der Waals surface area contributed by atoms with Crippen LogP contribution in [0.2, 0.25) is 0 Å². The first-order valence-corrected chi connectivity index (χ1v) is 9.82. The van der Waals surface area contributed by atoms with E-state index in [9.17, 15) is 0 Å². The van der Waals surface area contributed by atoms with Crippen LogP contribution >= 0.6 is 0 Å². The van der Waals surface area contributed by atoms with Crippen molar-refractivity contribution in [1.29, 1.82) is 0 Å². The highest BCUT2D eigenvalue weighted by atomic mass is 16.5. The number of imidazole rings is 1. The highest BCUT2D eigenvalue weighted by Crippen LogP contribution is 2.37. The lowest BCUT2D eigenvalue weighted by atomic mass is 10.1. The summed E-state index contributed by atoms with van der Waals surface area (Å²) in [5.41, 5.74) is 4.41. The van der Waals surface area contributed by atoms with Gasteiger partial charge in [0.05, 0.1) is 36.1 Å². The van der Waals surface area contributed by atoms with Crippen LogP contribution in [0.4, 0.5) is 23.0 Å². The summed E-state index contributed by atoms with van der Waals surface area (Å²) in [6.07, 6.45) is 3.25. The van der Waals surface area contributed by atoms with E-state index in [-0.39, 0.29) is 0 Å². The summed E-state index contributed by atoms with van der Waals surface area (Å²) in [5, 5.41) is 19.2. The molecule has 0 radical (unpaired) electrons. The van der Waals surface area contributed by atoms with E-state index >= 15 is 0 Å². The number of nitrogens with one attached hydrogen (secondary N) is 3. The molecule has 0 aliphatic rings. The Hall–Kier alpha value is -4.54. The maximum absolute atomic E-state index is 5.71. The maximum atomic E-state index is 5.71. The largest absolute Gasteiger partial charge is 0.494 e. The maximum Gasteiger partial charge on any atom is 0.184 e. The minimum absolute atomic E-state index is 0.577. The Labute approximate surface area is 182 Å². The van der Waals surface area contributed by atoms with Gasteiger partial charge in [0.25, 0.3) is 0 Å². The molecule has 160 valence electrons. The monoisotopic (exact) mass is 428 g/mol. The molecule has 5 aromatic rings. The average Bonchev–Trinajstić information content (AvgIpc) is 3.44. The van der Waals surface area contributed by atoms with E-state index in [1.165, 1.54) is 0 Å². The molecule has 0 aliphatic carbocycles. The van der Waals surface area contributed by atoms with E-state index in [0.717, 1.165) is 22.6 Å². The van der Waals surface area contributed by atoms with Crippen LogP contribution in [0.25, 0.3) is 22.6 Å². The fraction of sp³-hybridized carbons (Fsp3) is 0.143. The van der Waals surface area contributed by atoms with Crippen LogP contribution in [0.5, 0.6) is 5.75 Å². The summed E-state index contributed by atoms with van der Waals surface area (Å²) in [7, 11) is 3.44. The third-order valence-corrected chi connectivity index (χ3v) is 4.77. The van der Waals surface area contributed by atoms with Gasteiger partial charge in [0.2, 0.25) is 0 Å². The Morgan fingerprint density at radius 2 is 1.91 bits per heavy atom. The van der Waals surface area contributed by atoms with Crippen molar-refractivity contribution in [3.05, 3.63) is 54.7 Å². The van der Waals surface area contributed by atoms with E-state index in [4.69, 9.17) is 4.74 Å². The van der Waals surface area contributed by atoms with E-state index in [0.29, 0.717) is 34.4 Å². The number of hydrogen-bond acceptors (Lipinski definition) is 9. The van der Waals surface area contributed by atoms with Crippen molar-refractivity contribution in [2.75, 3.05) is 17.7 Å². The summed E-state index contributed by atoms with van der Waals surface area (Å²) < 4.78 is 7.36. The fourth-order valence-electron chi connectivity index (χ4n) is 3.32. The number of H-pyrrole nitrogens is 1. The number of anilines is 4. The van der Waals surface area contributed by atoms with Gasteiger partial charge < -0.3 is 20.4 Å². The lowest BCUT2D eigenvalue weighted by Crippen LogP contribution is -2.02. The van der Waals surface area contributed by atoms with Gasteiger partial charge in [-0.1, -0.05) is 6.07 Å². The Bertz CT molecular complexity index is 1390.